The van der Waals surface area contributed by atoms with E-state index in [0.29, 0.717) is 0 Å². The summed E-state index contributed by atoms with van der Waals surface area (Å²) >= 11 is 0. The first kappa shape index (κ1) is 17.0. The Morgan fingerprint density at radius 3 is 2.46 bits per heavy atom. The van der Waals surface area contributed by atoms with Crippen LogP contribution in [-0.2, 0) is 0 Å². The Kier molecular flexibility index (Phi) is 4.89. The smallest absolute Gasteiger partial charge is 0.118 e. The van der Waals surface area contributed by atoms with Gasteiger partial charge in [-0.15, -0.1) is 0 Å². The number of likely N-dealkylation sites (tertiary alicyclic amines) is 1. The van der Waals surface area contributed by atoms with Crippen molar-refractivity contribution in [2.24, 2.45) is 0 Å². The molecule has 2 aromatic carbocycles. The number of hydrogen-bond donors (Lipinski definition) is 0. The van der Waals surface area contributed by atoms with Crippen molar-refractivity contribution in [1.29, 1.82) is 0 Å². The van der Waals surface area contributed by atoms with E-state index in [2.05, 4.69) is 59.3 Å². The summed E-state index contributed by atoms with van der Waals surface area (Å²) in [7, 11) is 1.72. The molecule has 1 unspecified atom stereocenters. The van der Waals surface area contributed by atoms with Gasteiger partial charge in [0.05, 0.1) is 18.7 Å². The highest BCUT2D eigenvalue weighted by atomic mass is 16.5. The van der Waals surface area contributed by atoms with Gasteiger partial charge in [0, 0.05) is 11.6 Å². The number of methoxy groups -OCH3 is 1. The third-order valence-corrected chi connectivity index (χ3v) is 5.55. The molecular formula is C23H26N2O. The van der Waals surface area contributed by atoms with E-state index < -0.39 is 0 Å². The first-order chi connectivity index (χ1) is 12.8. The first-order valence-corrected chi connectivity index (χ1v) is 9.50. The lowest BCUT2D eigenvalue weighted by Crippen LogP contribution is -2.34. The number of benzene rings is 2. The number of fused-ring (bicyclic) bond motifs is 1. The minimum absolute atomic E-state index is 0.271. The van der Waals surface area contributed by atoms with E-state index in [1.807, 2.05) is 12.3 Å². The Labute approximate surface area is 155 Å². The standard InChI is InChI=1S/C23H26N2O/c1-17-21(13-10-18-7-6-14-24-22(17)18)23(25-15-4-3-5-16-25)19-8-11-20(26-2)12-9-19/h6-14,23H,3-5,15-16H2,1-2H3. The van der Waals surface area contributed by atoms with Crippen molar-refractivity contribution in [3.8, 4) is 5.75 Å². The summed E-state index contributed by atoms with van der Waals surface area (Å²) in [4.78, 5) is 7.28. The zero-order valence-corrected chi connectivity index (χ0v) is 15.6. The minimum atomic E-state index is 0.271. The van der Waals surface area contributed by atoms with Crippen LogP contribution < -0.4 is 4.74 Å². The van der Waals surface area contributed by atoms with Crippen LogP contribution in [0, 0.1) is 6.92 Å². The van der Waals surface area contributed by atoms with Crippen LogP contribution in [0.4, 0.5) is 0 Å². The van der Waals surface area contributed by atoms with Crippen LogP contribution in [-0.4, -0.2) is 30.1 Å². The average Bonchev–Trinajstić information content (AvgIpc) is 2.71. The summed E-state index contributed by atoms with van der Waals surface area (Å²) in [5.41, 5.74) is 5.09. The Balaban J connectivity index is 1.82. The zero-order valence-electron chi connectivity index (χ0n) is 15.6. The summed E-state index contributed by atoms with van der Waals surface area (Å²) in [6, 6.07) is 17.5. The van der Waals surface area contributed by atoms with Crippen LogP contribution in [0.2, 0.25) is 0 Å². The highest BCUT2D eigenvalue weighted by Gasteiger charge is 2.26. The maximum absolute atomic E-state index is 5.36. The van der Waals surface area contributed by atoms with Crippen molar-refractivity contribution in [3.63, 3.8) is 0 Å². The average molecular weight is 346 g/mol. The number of pyridine rings is 1. The molecular weight excluding hydrogens is 320 g/mol. The molecule has 3 aromatic rings. The fourth-order valence-corrected chi connectivity index (χ4v) is 4.15. The number of nitrogens with zero attached hydrogens (tertiary/aromatic N) is 2. The van der Waals surface area contributed by atoms with Gasteiger partial charge in [-0.1, -0.05) is 36.8 Å². The second kappa shape index (κ2) is 7.46. The Morgan fingerprint density at radius 1 is 0.962 bits per heavy atom. The molecule has 2 heterocycles. The third kappa shape index (κ3) is 3.19. The number of rotatable bonds is 4. The van der Waals surface area contributed by atoms with Crippen LogP contribution in [0.3, 0.4) is 0 Å². The minimum Gasteiger partial charge on any atom is -0.497 e. The lowest BCUT2D eigenvalue weighted by molar-refractivity contribution is 0.187. The van der Waals surface area contributed by atoms with Gasteiger partial charge in [0.25, 0.3) is 0 Å². The van der Waals surface area contributed by atoms with E-state index in [0.717, 1.165) is 24.4 Å². The number of hydrogen-bond acceptors (Lipinski definition) is 3. The molecule has 4 rings (SSSR count). The highest BCUT2D eigenvalue weighted by Crippen LogP contribution is 2.35. The van der Waals surface area contributed by atoms with E-state index in [1.54, 1.807) is 7.11 Å². The number of piperidine rings is 1. The maximum Gasteiger partial charge on any atom is 0.118 e. The molecule has 0 saturated carbocycles. The molecule has 3 heteroatoms. The lowest BCUT2D eigenvalue weighted by Gasteiger charge is -2.36. The Hall–Kier alpha value is -2.39. The van der Waals surface area contributed by atoms with Crippen LogP contribution in [0.25, 0.3) is 10.9 Å². The number of ether oxygens (including phenoxy) is 1. The summed E-state index contributed by atoms with van der Waals surface area (Å²) < 4.78 is 5.36. The van der Waals surface area contributed by atoms with Gasteiger partial charge in [0.1, 0.15) is 5.75 Å². The van der Waals surface area contributed by atoms with Gasteiger partial charge < -0.3 is 4.74 Å². The monoisotopic (exact) mass is 346 g/mol. The van der Waals surface area contributed by atoms with Crippen LogP contribution in [0.1, 0.15) is 42.0 Å². The molecule has 1 fully saturated rings. The van der Waals surface area contributed by atoms with Crippen molar-refractivity contribution in [2.75, 3.05) is 20.2 Å². The highest BCUT2D eigenvalue weighted by molar-refractivity contribution is 5.82. The molecule has 0 amide bonds. The predicted octanol–water partition coefficient (Wildman–Crippen LogP) is 5.13. The number of aryl methyl sites for hydroxylation is 1. The molecule has 134 valence electrons. The van der Waals surface area contributed by atoms with Crippen molar-refractivity contribution < 1.29 is 4.74 Å². The molecule has 1 aliphatic rings. The van der Waals surface area contributed by atoms with Gasteiger partial charge in [-0.3, -0.25) is 9.88 Å². The van der Waals surface area contributed by atoms with Gasteiger partial charge in [0.15, 0.2) is 0 Å². The normalized spacial score (nSPS) is 16.5. The van der Waals surface area contributed by atoms with Crippen LogP contribution in [0.15, 0.2) is 54.7 Å². The number of aromatic nitrogens is 1. The van der Waals surface area contributed by atoms with Crippen LogP contribution >= 0.6 is 0 Å². The molecule has 1 atom stereocenters. The second-order valence-electron chi connectivity index (χ2n) is 7.13. The first-order valence-electron chi connectivity index (χ1n) is 9.50. The lowest BCUT2D eigenvalue weighted by atomic mass is 9.90. The topological polar surface area (TPSA) is 25.4 Å². The van der Waals surface area contributed by atoms with Crippen molar-refractivity contribution in [2.45, 2.75) is 32.2 Å². The molecule has 0 bridgehead atoms. The van der Waals surface area contributed by atoms with E-state index >= 15 is 0 Å². The molecule has 0 radical (unpaired) electrons. The van der Waals surface area contributed by atoms with E-state index in [1.165, 1.54) is 41.3 Å². The Morgan fingerprint density at radius 2 is 1.73 bits per heavy atom. The zero-order chi connectivity index (χ0) is 17.9. The van der Waals surface area contributed by atoms with E-state index in [-0.39, 0.29) is 6.04 Å². The molecule has 26 heavy (non-hydrogen) atoms. The fourth-order valence-electron chi connectivity index (χ4n) is 4.15. The van der Waals surface area contributed by atoms with Crippen molar-refractivity contribution >= 4 is 10.9 Å². The van der Waals surface area contributed by atoms with Gasteiger partial charge in [-0.2, -0.15) is 0 Å². The molecule has 1 aliphatic heterocycles. The SMILES string of the molecule is COc1ccc(C(c2ccc3cccnc3c2C)N2CCCCC2)cc1. The van der Waals surface area contributed by atoms with Crippen molar-refractivity contribution in [3.05, 3.63) is 71.4 Å². The van der Waals surface area contributed by atoms with Crippen molar-refractivity contribution in [1.82, 2.24) is 9.88 Å². The van der Waals surface area contributed by atoms with Gasteiger partial charge >= 0.3 is 0 Å². The largest absolute Gasteiger partial charge is 0.497 e. The quantitative estimate of drug-likeness (QED) is 0.655. The molecule has 0 aliphatic carbocycles. The fraction of sp³-hybridized carbons (Fsp3) is 0.348. The molecule has 0 N–H and O–H groups in total. The summed E-state index contributed by atoms with van der Waals surface area (Å²) in [5.74, 6) is 0.906. The predicted molar refractivity (Wildman–Crippen MR) is 107 cm³/mol. The van der Waals surface area contributed by atoms with Gasteiger partial charge in [-0.05, 0) is 67.7 Å². The third-order valence-electron chi connectivity index (χ3n) is 5.55. The van der Waals surface area contributed by atoms with Crippen LogP contribution in [0.5, 0.6) is 5.75 Å². The molecule has 0 spiro atoms. The second-order valence-corrected chi connectivity index (χ2v) is 7.13. The summed E-state index contributed by atoms with van der Waals surface area (Å²) in [5, 5.41) is 1.21. The molecule has 1 aromatic heterocycles. The summed E-state index contributed by atoms with van der Waals surface area (Å²) in [6.45, 7) is 4.51. The van der Waals surface area contributed by atoms with Gasteiger partial charge in [0.2, 0.25) is 0 Å². The molecule has 3 nitrogen and oxygen atoms in total. The van der Waals surface area contributed by atoms with Gasteiger partial charge in [-0.25, -0.2) is 0 Å². The molecule has 1 saturated heterocycles. The summed E-state index contributed by atoms with van der Waals surface area (Å²) in [6.07, 6.45) is 5.78. The van der Waals surface area contributed by atoms with E-state index in [9.17, 15) is 0 Å². The Bertz CT molecular complexity index is 882. The van der Waals surface area contributed by atoms with E-state index in [4.69, 9.17) is 4.74 Å². The maximum atomic E-state index is 5.36.